The Morgan fingerprint density at radius 2 is 1.83 bits per heavy atom. The van der Waals surface area contributed by atoms with Crippen LogP contribution in [0.25, 0.3) is 0 Å². The van der Waals surface area contributed by atoms with Gasteiger partial charge in [0.05, 0.1) is 4.90 Å². The van der Waals surface area contributed by atoms with E-state index in [9.17, 15) is 13.2 Å². The zero-order valence-corrected chi connectivity index (χ0v) is 16.4. The Morgan fingerprint density at radius 3 is 2.42 bits per heavy atom. The van der Waals surface area contributed by atoms with Crippen LogP contribution in [0.15, 0.2) is 23.1 Å². The summed E-state index contributed by atoms with van der Waals surface area (Å²) in [4.78, 5) is 14.2. The van der Waals surface area contributed by atoms with Gasteiger partial charge in [0.15, 0.2) is 0 Å². The highest BCUT2D eigenvalue weighted by Gasteiger charge is 2.19. The Kier molecular flexibility index (Phi) is 7.42. The summed E-state index contributed by atoms with van der Waals surface area (Å²) in [5.41, 5.74) is 1.58. The van der Waals surface area contributed by atoms with Gasteiger partial charge in [0.25, 0.3) is 0 Å². The van der Waals surface area contributed by atoms with E-state index in [1.165, 1.54) is 0 Å². The molecule has 0 radical (unpaired) electrons. The molecule has 0 aliphatic rings. The lowest BCUT2D eigenvalue weighted by atomic mass is 10.0. The number of sulfonamides is 1. The topological polar surface area (TPSA) is 66.5 Å². The molecule has 6 heteroatoms. The van der Waals surface area contributed by atoms with Gasteiger partial charge in [0, 0.05) is 26.1 Å². The van der Waals surface area contributed by atoms with Gasteiger partial charge in [-0.1, -0.05) is 26.0 Å². The number of carbonyl (C=O) groups excluding carboxylic acids is 1. The Balaban J connectivity index is 2.63. The third kappa shape index (κ3) is 5.91. The van der Waals surface area contributed by atoms with Crippen molar-refractivity contribution < 1.29 is 13.2 Å². The van der Waals surface area contributed by atoms with Crippen molar-refractivity contribution in [1.82, 2.24) is 9.62 Å². The zero-order chi connectivity index (χ0) is 18.5. The predicted octanol–water partition coefficient (Wildman–Crippen LogP) is 2.86. The molecule has 136 valence electrons. The Hall–Kier alpha value is -1.40. The average molecular weight is 355 g/mol. The van der Waals surface area contributed by atoms with E-state index in [4.69, 9.17) is 0 Å². The molecule has 0 fully saturated rings. The van der Waals surface area contributed by atoms with Crippen molar-refractivity contribution in [2.75, 3.05) is 13.6 Å². The van der Waals surface area contributed by atoms with Crippen LogP contribution in [-0.2, 0) is 14.8 Å². The first-order chi connectivity index (χ1) is 11.0. The van der Waals surface area contributed by atoms with E-state index in [-0.39, 0.29) is 29.8 Å². The summed E-state index contributed by atoms with van der Waals surface area (Å²) in [6, 6.07) is 5.46. The first-order valence-corrected chi connectivity index (χ1v) is 9.85. The lowest BCUT2D eigenvalue weighted by Crippen LogP contribution is -2.38. The first kappa shape index (κ1) is 20.6. The zero-order valence-electron chi connectivity index (χ0n) is 15.6. The largest absolute Gasteiger partial charge is 0.343 e. The molecule has 0 spiro atoms. The fourth-order valence-electron chi connectivity index (χ4n) is 2.63. The summed E-state index contributed by atoms with van der Waals surface area (Å²) < 4.78 is 27.3. The Morgan fingerprint density at radius 1 is 1.21 bits per heavy atom. The molecular formula is C18H30N2O3S. The predicted molar refractivity (Wildman–Crippen MR) is 97.4 cm³/mol. The maximum Gasteiger partial charge on any atom is 0.240 e. The van der Waals surface area contributed by atoms with Gasteiger partial charge >= 0.3 is 0 Å². The molecule has 24 heavy (non-hydrogen) atoms. The lowest BCUT2D eigenvalue weighted by molar-refractivity contribution is -0.131. The van der Waals surface area contributed by atoms with E-state index in [2.05, 4.69) is 18.6 Å². The number of nitrogens with one attached hydrogen (secondary N) is 1. The van der Waals surface area contributed by atoms with Crippen molar-refractivity contribution in [3.05, 3.63) is 29.3 Å². The highest BCUT2D eigenvalue weighted by molar-refractivity contribution is 7.89. The minimum atomic E-state index is -3.59. The third-order valence-corrected chi connectivity index (χ3v) is 5.73. The SMILES string of the molecule is Cc1ccc(C)c(S(=O)(=O)NCCC(=O)N(C)C(C)CC(C)C)c1. The maximum absolute atomic E-state index is 12.4. The molecule has 0 bridgehead atoms. The number of carbonyl (C=O) groups is 1. The van der Waals surface area contributed by atoms with Crippen LogP contribution < -0.4 is 4.72 Å². The summed E-state index contributed by atoms with van der Waals surface area (Å²) in [6.07, 6.45) is 1.08. The van der Waals surface area contributed by atoms with Crippen LogP contribution in [0.2, 0.25) is 0 Å². The van der Waals surface area contributed by atoms with E-state index in [0.29, 0.717) is 11.5 Å². The van der Waals surface area contributed by atoms with Gasteiger partial charge in [-0.2, -0.15) is 0 Å². The quantitative estimate of drug-likeness (QED) is 0.780. The normalized spacial score (nSPS) is 13.1. The van der Waals surface area contributed by atoms with Gasteiger partial charge < -0.3 is 4.90 Å². The summed E-state index contributed by atoms with van der Waals surface area (Å²) >= 11 is 0. The molecule has 1 N–H and O–H groups in total. The van der Waals surface area contributed by atoms with Crippen LogP contribution in [0, 0.1) is 19.8 Å². The van der Waals surface area contributed by atoms with Crippen molar-refractivity contribution in [3.8, 4) is 0 Å². The van der Waals surface area contributed by atoms with Gasteiger partial charge in [-0.05, 0) is 50.3 Å². The summed E-state index contributed by atoms with van der Waals surface area (Å²) in [5, 5.41) is 0. The van der Waals surface area contributed by atoms with Gasteiger partial charge in [-0.15, -0.1) is 0 Å². The molecule has 5 nitrogen and oxygen atoms in total. The second kappa shape index (κ2) is 8.62. The number of rotatable bonds is 8. The van der Waals surface area contributed by atoms with Gasteiger partial charge in [-0.3, -0.25) is 4.79 Å². The van der Waals surface area contributed by atoms with Gasteiger partial charge in [-0.25, -0.2) is 13.1 Å². The number of benzene rings is 1. The van der Waals surface area contributed by atoms with Crippen LogP contribution in [0.3, 0.4) is 0 Å². The van der Waals surface area contributed by atoms with Crippen molar-refractivity contribution in [2.45, 2.75) is 58.4 Å². The van der Waals surface area contributed by atoms with E-state index < -0.39 is 10.0 Å². The average Bonchev–Trinajstić information content (AvgIpc) is 2.47. The second-order valence-corrected chi connectivity index (χ2v) is 8.64. The molecule has 1 unspecified atom stereocenters. The lowest BCUT2D eigenvalue weighted by Gasteiger charge is -2.26. The third-order valence-electron chi connectivity index (χ3n) is 4.13. The van der Waals surface area contributed by atoms with Crippen LogP contribution in [0.4, 0.5) is 0 Å². The molecule has 1 aromatic rings. The second-order valence-electron chi connectivity index (χ2n) is 6.90. The van der Waals surface area contributed by atoms with Crippen molar-refractivity contribution in [1.29, 1.82) is 0 Å². The minimum Gasteiger partial charge on any atom is -0.343 e. The Labute approximate surface area is 146 Å². The van der Waals surface area contributed by atoms with E-state index in [1.807, 2.05) is 19.9 Å². The molecule has 0 aliphatic carbocycles. The van der Waals surface area contributed by atoms with Crippen molar-refractivity contribution >= 4 is 15.9 Å². The standard InChI is InChI=1S/C18H30N2O3S/c1-13(2)11-16(5)20(6)18(21)9-10-19-24(22,23)17-12-14(3)7-8-15(17)4/h7-8,12-13,16,19H,9-11H2,1-6H3. The smallest absolute Gasteiger partial charge is 0.240 e. The van der Waals surface area contributed by atoms with Crippen molar-refractivity contribution in [2.24, 2.45) is 5.92 Å². The monoisotopic (exact) mass is 354 g/mol. The molecule has 0 heterocycles. The number of aryl methyl sites for hydroxylation is 2. The molecule has 1 rings (SSSR count). The fourth-order valence-corrected chi connectivity index (χ4v) is 3.99. The summed E-state index contributed by atoms with van der Waals surface area (Å²) in [6.45, 7) is 9.97. The molecule has 1 amide bonds. The van der Waals surface area contributed by atoms with E-state index in [1.54, 1.807) is 31.0 Å². The molecule has 1 aromatic carbocycles. The van der Waals surface area contributed by atoms with Crippen LogP contribution in [0.5, 0.6) is 0 Å². The summed E-state index contributed by atoms with van der Waals surface area (Å²) in [7, 11) is -1.82. The molecular weight excluding hydrogens is 324 g/mol. The van der Waals surface area contributed by atoms with Gasteiger partial charge in [0.1, 0.15) is 0 Å². The summed E-state index contributed by atoms with van der Waals surface area (Å²) in [5.74, 6) is 0.463. The molecule has 0 aliphatic heterocycles. The van der Waals surface area contributed by atoms with Gasteiger partial charge in [0.2, 0.25) is 15.9 Å². The molecule has 0 saturated carbocycles. The highest BCUT2D eigenvalue weighted by Crippen LogP contribution is 2.16. The number of hydrogen-bond donors (Lipinski definition) is 1. The first-order valence-electron chi connectivity index (χ1n) is 8.37. The Bertz CT molecular complexity index is 669. The van der Waals surface area contributed by atoms with E-state index in [0.717, 1.165) is 12.0 Å². The fraction of sp³-hybridized carbons (Fsp3) is 0.611. The van der Waals surface area contributed by atoms with E-state index >= 15 is 0 Å². The van der Waals surface area contributed by atoms with Crippen LogP contribution in [-0.4, -0.2) is 38.9 Å². The molecule has 1 atom stereocenters. The van der Waals surface area contributed by atoms with Crippen LogP contribution in [0.1, 0.15) is 44.7 Å². The van der Waals surface area contributed by atoms with Crippen molar-refractivity contribution in [3.63, 3.8) is 0 Å². The number of nitrogens with zero attached hydrogens (tertiary/aromatic N) is 1. The number of amides is 1. The highest BCUT2D eigenvalue weighted by atomic mass is 32.2. The number of hydrogen-bond acceptors (Lipinski definition) is 3. The maximum atomic E-state index is 12.4. The molecule has 0 aromatic heterocycles. The molecule has 0 saturated heterocycles. The minimum absolute atomic E-state index is 0.0492. The van der Waals surface area contributed by atoms with Crippen LogP contribution >= 0.6 is 0 Å².